The molecule has 2 saturated heterocycles. The summed E-state index contributed by atoms with van der Waals surface area (Å²) in [5.41, 5.74) is 2.17. The van der Waals surface area contributed by atoms with E-state index in [-0.39, 0.29) is 0 Å². The standard InChI is InChI=1S/C21H31N5O/c1-24-9-4-3-5-17(24)8-10-25-11-13-26(14-12-25)18-6-7-20-19(15-18)21(27-2)23-16-22-20/h6-7,15-17H,3-5,8-14H2,1-2H3. The van der Waals surface area contributed by atoms with Gasteiger partial charge in [0.05, 0.1) is 18.0 Å². The van der Waals surface area contributed by atoms with Crippen LogP contribution >= 0.6 is 0 Å². The van der Waals surface area contributed by atoms with Crippen molar-refractivity contribution in [3.63, 3.8) is 0 Å². The van der Waals surface area contributed by atoms with Crippen LogP contribution in [0.25, 0.3) is 10.9 Å². The van der Waals surface area contributed by atoms with Crippen molar-refractivity contribution in [2.24, 2.45) is 0 Å². The van der Waals surface area contributed by atoms with Crippen molar-refractivity contribution in [3.05, 3.63) is 24.5 Å². The molecule has 2 aliphatic heterocycles. The number of piperidine rings is 1. The highest BCUT2D eigenvalue weighted by Gasteiger charge is 2.22. The first-order valence-corrected chi connectivity index (χ1v) is 10.2. The molecule has 1 aromatic carbocycles. The van der Waals surface area contributed by atoms with Crippen molar-refractivity contribution in [2.75, 3.05) is 58.3 Å². The third-order valence-electron chi connectivity index (χ3n) is 6.21. The minimum absolute atomic E-state index is 0.650. The van der Waals surface area contributed by atoms with Crippen LogP contribution in [0, 0.1) is 0 Å². The molecular formula is C21H31N5O. The Morgan fingerprint density at radius 2 is 1.93 bits per heavy atom. The number of piperazine rings is 1. The van der Waals surface area contributed by atoms with Gasteiger partial charge in [0.2, 0.25) is 5.88 Å². The molecule has 3 heterocycles. The van der Waals surface area contributed by atoms with Gasteiger partial charge in [-0.2, -0.15) is 0 Å². The second-order valence-electron chi connectivity index (χ2n) is 7.83. The van der Waals surface area contributed by atoms with Crippen LogP contribution in [-0.4, -0.2) is 79.2 Å². The molecule has 6 nitrogen and oxygen atoms in total. The lowest BCUT2D eigenvalue weighted by Crippen LogP contribution is -2.48. The van der Waals surface area contributed by atoms with Gasteiger partial charge in [0.1, 0.15) is 6.33 Å². The minimum Gasteiger partial charge on any atom is -0.480 e. The van der Waals surface area contributed by atoms with E-state index in [0.717, 1.165) is 43.1 Å². The molecule has 1 aromatic heterocycles. The fourth-order valence-electron chi connectivity index (χ4n) is 4.45. The smallest absolute Gasteiger partial charge is 0.224 e. The summed E-state index contributed by atoms with van der Waals surface area (Å²) in [6.07, 6.45) is 7.01. The molecule has 6 heteroatoms. The number of anilines is 1. The van der Waals surface area contributed by atoms with E-state index in [1.807, 2.05) is 0 Å². The first kappa shape index (κ1) is 18.4. The van der Waals surface area contributed by atoms with Crippen LogP contribution < -0.4 is 9.64 Å². The van der Waals surface area contributed by atoms with Gasteiger partial charge in [-0.05, 0) is 57.6 Å². The molecule has 2 aliphatic rings. The number of rotatable bonds is 5. The maximum Gasteiger partial charge on any atom is 0.224 e. The Morgan fingerprint density at radius 3 is 2.70 bits per heavy atom. The molecule has 0 aliphatic carbocycles. The number of likely N-dealkylation sites (tertiary alicyclic amines) is 1. The number of aromatic nitrogens is 2. The number of fused-ring (bicyclic) bond motifs is 1. The molecule has 27 heavy (non-hydrogen) atoms. The lowest BCUT2D eigenvalue weighted by molar-refractivity contribution is 0.151. The van der Waals surface area contributed by atoms with E-state index in [1.54, 1.807) is 13.4 Å². The van der Waals surface area contributed by atoms with Gasteiger partial charge in [0.15, 0.2) is 0 Å². The average molecular weight is 370 g/mol. The molecule has 146 valence electrons. The Kier molecular flexibility index (Phi) is 5.74. The monoisotopic (exact) mass is 369 g/mol. The van der Waals surface area contributed by atoms with Gasteiger partial charge in [-0.1, -0.05) is 6.42 Å². The number of benzene rings is 1. The Bertz CT molecular complexity index is 759. The van der Waals surface area contributed by atoms with E-state index >= 15 is 0 Å². The summed E-state index contributed by atoms with van der Waals surface area (Å²) in [4.78, 5) is 16.2. The second kappa shape index (κ2) is 8.40. The van der Waals surface area contributed by atoms with Crippen LogP contribution in [0.15, 0.2) is 24.5 Å². The molecule has 0 saturated carbocycles. The average Bonchev–Trinajstić information content (AvgIpc) is 2.73. The minimum atomic E-state index is 0.650. The predicted molar refractivity (Wildman–Crippen MR) is 110 cm³/mol. The van der Waals surface area contributed by atoms with E-state index in [1.165, 1.54) is 44.5 Å². The Labute approximate surface area is 162 Å². The van der Waals surface area contributed by atoms with Crippen molar-refractivity contribution in [2.45, 2.75) is 31.7 Å². The van der Waals surface area contributed by atoms with Gasteiger partial charge in [-0.25, -0.2) is 9.97 Å². The van der Waals surface area contributed by atoms with Gasteiger partial charge in [0, 0.05) is 37.9 Å². The van der Waals surface area contributed by atoms with Gasteiger partial charge in [-0.3, -0.25) is 4.90 Å². The lowest BCUT2D eigenvalue weighted by atomic mass is 10.00. The summed E-state index contributed by atoms with van der Waals surface area (Å²) in [5.74, 6) is 0.650. The Hall–Kier alpha value is -1.92. The van der Waals surface area contributed by atoms with E-state index < -0.39 is 0 Å². The number of ether oxygens (including phenoxy) is 1. The van der Waals surface area contributed by atoms with Crippen LogP contribution in [0.4, 0.5) is 5.69 Å². The molecule has 0 N–H and O–H groups in total. The number of hydrogen-bond acceptors (Lipinski definition) is 6. The quantitative estimate of drug-likeness (QED) is 0.807. The van der Waals surface area contributed by atoms with Crippen molar-refractivity contribution in [3.8, 4) is 5.88 Å². The highest BCUT2D eigenvalue weighted by atomic mass is 16.5. The number of methoxy groups -OCH3 is 1. The van der Waals surface area contributed by atoms with Crippen molar-refractivity contribution in [1.29, 1.82) is 0 Å². The number of nitrogens with zero attached hydrogens (tertiary/aromatic N) is 5. The fourth-order valence-corrected chi connectivity index (χ4v) is 4.45. The van der Waals surface area contributed by atoms with E-state index in [0.29, 0.717) is 5.88 Å². The molecular weight excluding hydrogens is 338 g/mol. The first-order valence-electron chi connectivity index (χ1n) is 10.2. The third kappa shape index (κ3) is 4.17. The summed E-state index contributed by atoms with van der Waals surface area (Å²) in [6.45, 7) is 6.91. The molecule has 2 aromatic rings. The first-order chi connectivity index (χ1) is 13.2. The summed E-state index contributed by atoms with van der Waals surface area (Å²) < 4.78 is 5.40. The Balaban J connectivity index is 1.34. The Morgan fingerprint density at radius 1 is 1.07 bits per heavy atom. The summed E-state index contributed by atoms with van der Waals surface area (Å²) in [6, 6.07) is 7.19. The van der Waals surface area contributed by atoms with Crippen LogP contribution in [-0.2, 0) is 0 Å². The topological polar surface area (TPSA) is 44.7 Å². The third-order valence-corrected chi connectivity index (χ3v) is 6.21. The highest BCUT2D eigenvalue weighted by Crippen LogP contribution is 2.27. The van der Waals surface area contributed by atoms with E-state index in [9.17, 15) is 0 Å². The molecule has 0 amide bonds. The normalized spacial score (nSPS) is 22.3. The zero-order valence-electron chi connectivity index (χ0n) is 16.6. The van der Waals surface area contributed by atoms with E-state index in [4.69, 9.17) is 4.74 Å². The van der Waals surface area contributed by atoms with Crippen LogP contribution in [0.2, 0.25) is 0 Å². The molecule has 0 bridgehead atoms. The van der Waals surface area contributed by atoms with Crippen molar-refractivity contribution >= 4 is 16.6 Å². The molecule has 0 radical (unpaired) electrons. The lowest BCUT2D eigenvalue weighted by Gasteiger charge is -2.38. The second-order valence-corrected chi connectivity index (χ2v) is 7.83. The van der Waals surface area contributed by atoms with Crippen molar-refractivity contribution in [1.82, 2.24) is 19.8 Å². The molecule has 2 fully saturated rings. The van der Waals surface area contributed by atoms with Crippen molar-refractivity contribution < 1.29 is 4.74 Å². The van der Waals surface area contributed by atoms with Gasteiger partial charge in [-0.15, -0.1) is 0 Å². The van der Waals surface area contributed by atoms with E-state index in [2.05, 4.69) is 49.9 Å². The zero-order valence-corrected chi connectivity index (χ0v) is 16.6. The summed E-state index contributed by atoms with van der Waals surface area (Å²) in [7, 11) is 3.95. The summed E-state index contributed by atoms with van der Waals surface area (Å²) in [5, 5.41) is 0.986. The predicted octanol–water partition coefficient (Wildman–Crippen LogP) is 2.63. The zero-order chi connectivity index (χ0) is 18.6. The molecule has 0 spiro atoms. The van der Waals surface area contributed by atoms with Crippen LogP contribution in [0.5, 0.6) is 5.88 Å². The van der Waals surface area contributed by atoms with Gasteiger partial charge < -0.3 is 14.5 Å². The van der Waals surface area contributed by atoms with Gasteiger partial charge in [0.25, 0.3) is 0 Å². The fraction of sp³-hybridized carbons (Fsp3) is 0.619. The SMILES string of the molecule is COc1ncnc2ccc(N3CCN(CCC4CCCCN4C)CC3)cc12. The maximum absolute atomic E-state index is 5.40. The number of hydrogen-bond donors (Lipinski definition) is 0. The molecule has 1 atom stereocenters. The van der Waals surface area contributed by atoms with Crippen LogP contribution in [0.1, 0.15) is 25.7 Å². The largest absolute Gasteiger partial charge is 0.480 e. The molecule has 1 unspecified atom stereocenters. The summed E-state index contributed by atoms with van der Waals surface area (Å²) >= 11 is 0. The molecule has 4 rings (SSSR count). The van der Waals surface area contributed by atoms with Crippen LogP contribution in [0.3, 0.4) is 0 Å². The maximum atomic E-state index is 5.40. The highest BCUT2D eigenvalue weighted by molar-refractivity contribution is 5.86. The van der Waals surface area contributed by atoms with Gasteiger partial charge >= 0.3 is 0 Å².